The van der Waals surface area contributed by atoms with Gasteiger partial charge in [-0.15, -0.1) is 0 Å². The molecule has 0 aliphatic rings. The van der Waals surface area contributed by atoms with Gasteiger partial charge in [0.1, 0.15) is 5.82 Å². The van der Waals surface area contributed by atoms with Crippen molar-refractivity contribution >= 4 is 5.78 Å². The predicted molar refractivity (Wildman–Crippen MR) is 46.0 cm³/mol. The van der Waals surface area contributed by atoms with E-state index in [1.807, 2.05) is 0 Å². The Hall–Kier alpha value is -1.90. The first-order valence-electron chi connectivity index (χ1n) is 4.13. The number of alkyl halides is 3. The van der Waals surface area contributed by atoms with Gasteiger partial charge in [0.05, 0.1) is 23.6 Å². The van der Waals surface area contributed by atoms with E-state index in [4.69, 9.17) is 5.26 Å². The van der Waals surface area contributed by atoms with Gasteiger partial charge in [-0.1, -0.05) is 6.07 Å². The molecule has 6 heteroatoms. The van der Waals surface area contributed by atoms with Gasteiger partial charge >= 0.3 is 6.18 Å². The van der Waals surface area contributed by atoms with Crippen LogP contribution >= 0.6 is 0 Å². The average Bonchev–Trinajstić information content (AvgIpc) is 2.16. The van der Waals surface area contributed by atoms with Crippen molar-refractivity contribution in [3.05, 3.63) is 35.1 Å². The minimum atomic E-state index is -4.85. The molecule has 0 saturated heterocycles. The highest BCUT2D eigenvalue weighted by molar-refractivity contribution is 5.97. The minimum absolute atomic E-state index is 0.540. The van der Waals surface area contributed by atoms with Crippen LogP contribution in [-0.2, 0) is 6.18 Å². The Morgan fingerprint density at radius 2 is 2.00 bits per heavy atom. The summed E-state index contributed by atoms with van der Waals surface area (Å²) in [5, 5.41) is 8.20. The molecule has 0 saturated carbocycles. The maximum Gasteiger partial charge on any atom is 0.419 e. The van der Waals surface area contributed by atoms with Crippen molar-refractivity contribution in [1.29, 1.82) is 5.26 Å². The van der Waals surface area contributed by atoms with E-state index in [1.165, 1.54) is 6.07 Å². The van der Waals surface area contributed by atoms with Crippen molar-refractivity contribution < 1.29 is 22.4 Å². The standard InChI is InChI=1S/C10H5F4NO/c11-9-6(8(16)4-5-15)2-1-3-7(9)10(12,13)14/h1-3H,4H2. The van der Waals surface area contributed by atoms with Crippen molar-refractivity contribution in [2.75, 3.05) is 0 Å². The van der Waals surface area contributed by atoms with Crippen LogP contribution in [0.1, 0.15) is 22.3 Å². The summed E-state index contributed by atoms with van der Waals surface area (Å²) in [6.45, 7) is 0. The molecule has 0 N–H and O–H groups in total. The fourth-order valence-electron chi connectivity index (χ4n) is 1.13. The molecule has 0 unspecified atom stereocenters. The van der Waals surface area contributed by atoms with Crippen LogP contribution in [0, 0.1) is 17.1 Å². The summed E-state index contributed by atoms with van der Waals surface area (Å²) in [5.41, 5.74) is -2.22. The number of carbonyl (C=O) groups excluding carboxylic acids is 1. The molecular formula is C10H5F4NO. The van der Waals surface area contributed by atoms with E-state index in [9.17, 15) is 22.4 Å². The molecule has 1 aromatic carbocycles. The molecule has 0 amide bonds. The molecule has 0 bridgehead atoms. The van der Waals surface area contributed by atoms with Crippen molar-refractivity contribution in [1.82, 2.24) is 0 Å². The highest BCUT2D eigenvalue weighted by Crippen LogP contribution is 2.32. The first-order chi connectivity index (χ1) is 7.38. The number of hydrogen-bond donors (Lipinski definition) is 0. The lowest BCUT2D eigenvalue weighted by Gasteiger charge is -2.09. The molecule has 1 rings (SSSR count). The monoisotopic (exact) mass is 231 g/mol. The lowest BCUT2D eigenvalue weighted by atomic mass is 10.0. The van der Waals surface area contributed by atoms with E-state index in [2.05, 4.69) is 0 Å². The van der Waals surface area contributed by atoms with E-state index < -0.39 is 35.3 Å². The molecular weight excluding hydrogens is 226 g/mol. The van der Waals surface area contributed by atoms with E-state index in [0.717, 1.165) is 12.1 Å². The zero-order valence-electron chi connectivity index (χ0n) is 7.81. The van der Waals surface area contributed by atoms with Crippen molar-refractivity contribution in [2.45, 2.75) is 12.6 Å². The van der Waals surface area contributed by atoms with Gasteiger partial charge in [0.2, 0.25) is 0 Å². The third-order valence-corrected chi connectivity index (χ3v) is 1.84. The number of nitriles is 1. The van der Waals surface area contributed by atoms with Crippen LogP contribution in [0.5, 0.6) is 0 Å². The highest BCUT2D eigenvalue weighted by atomic mass is 19.4. The fraction of sp³-hybridized carbons (Fsp3) is 0.200. The largest absolute Gasteiger partial charge is 0.419 e. The molecule has 0 radical (unpaired) electrons. The molecule has 0 aromatic heterocycles. The molecule has 84 valence electrons. The molecule has 2 nitrogen and oxygen atoms in total. The lowest BCUT2D eigenvalue weighted by molar-refractivity contribution is -0.140. The van der Waals surface area contributed by atoms with Crippen LogP contribution < -0.4 is 0 Å². The maximum absolute atomic E-state index is 13.3. The third kappa shape index (κ3) is 2.37. The number of ketones is 1. The molecule has 0 aliphatic heterocycles. The average molecular weight is 231 g/mol. The topological polar surface area (TPSA) is 40.9 Å². The predicted octanol–water partition coefficient (Wildman–Crippen LogP) is 2.94. The number of rotatable bonds is 2. The lowest BCUT2D eigenvalue weighted by Crippen LogP contribution is -2.12. The van der Waals surface area contributed by atoms with Gasteiger partial charge in [0.15, 0.2) is 5.78 Å². The first-order valence-corrected chi connectivity index (χ1v) is 4.13. The summed E-state index contributed by atoms with van der Waals surface area (Å²) < 4.78 is 50.1. The van der Waals surface area contributed by atoms with Crippen LogP contribution in [0.15, 0.2) is 18.2 Å². The number of hydrogen-bond acceptors (Lipinski definition) is 2. The molecule has 0 spiro atoms. The minimum Gasteiger partial charge on any atom is -0.293 e. The number of halogens is 4. The third-order valence-electron chi connectivity index (χ3n) is 1.84. The summed E-state index contributed by atoms with van der Waals surface area (Å²) >= 11 is 0. The Balaban J connectivity index is 3.26. The zero-order valence-corrected chi connectivity index (χ0v) is 7.81. The van der Waals surface area contributed by atoms with Gasteiger partial charge in [0.25, 0.3) is 0 Å². The van der Waals surface area contributed by atoms with Crippen LogP contribution in [0.25, 0.3) is 0 Å². The SMILES string of the molecule is N#CCC(=O)c1cccc(C(F)(F)F)c1F. The second-order valence-corrected chi connectivity index (χ2v) is 2.92. The second-order valence-electron chi connectivity index (χ2n) is 2.92. The molecule has 0 aliphatic carbocycles. The quantitative estimate of drug-likeness (QED) is 0.580. The summed E-state index contributed by atoms with van der Waals surface area (Å²) in [7, 11) is 0. The zero-order chi connectivity index (χ0) is 12.3. The summed E-state index contributed by atoms with van der Waals surface area (Å²) in [6, 6.07) is 3.84. The van der Waals surface area contributed by atoms with Gasteiger partial charge in [0, 0.05) is 0 Å². The van der Waals surface area contributed by atoms with Gasteiger partial charge in [-0.3, -0.25) is 4.79 Å². The Morgan fingerprint density at radius 3 is 2.50 bits per heavy atom. The van der Waals surface area contributed by atoms with E-state index in [0.29, 0.717) is 6.07 Å². The Bertz CT molecular complexity index is 459. The van der Waals surface area contributed by atoms with Crippen LogP contribution in [0.3, 0.4) is 0 Å². The van der Waals surface area contributed by atoms with E-state index in [-0.39, 0.29) is 0 Å². The smallest absolute Gasteiger partial charge is 0.293 e. The Labute approximate surface area is 88.1 Å². The first kappa shape index (κ1) is 12.2. The van der Waals surface area contributed by atoms with Gasteiger partial charge in [-0.05, 0) is 12.1 Å². The van der Waals surface area contributed by atoms with Gasteiger partial charge in [-0.25, -0.2) is 4.39 Å². The molecule has 0 heterocycles. The van der Waals surface area contributed by atoms with Crippen molar-refractivity contribution in [2.24, 2.45) is 0 Å². The Kier molecular flexibility index (Phi) is 3.28. The van der Waals surface area contributed by atoms with Crippen LogP contribution in [-0.4, -0.2) is 5.78 Å². The normalized spacial score (nSPS) is 10.9. The van der Waals surface area contributed by atoms with Crippen LogP contribution in [0.2, 0.25) is 0 Å². The van der Waals surface area contributed by atoms with Gasteiger partial charge < -0.3 is 0 Å². The van der Waals surface area contributed by atoms with Crippen molar-refractivity contribution in [3.8, 4) is 6.07 Å². The summed E-state index contributed by atoms with van der Waals surface area (Å²) in [4.78, 5) is 11.1. The maximum atomic E-state index is 13.3. The molecule has 0 fully saturated rings. The molecule has 16 heavy (non-hydrogen) atoms. The van der Waals surface area contributed by atoms with Gasteiger partial charge in [-0.2, -0.15) is 18.4 Å². The van der Waals surface area contributed by atoms with Crippen molar-refractivity contribution in [3.63, 3.8) is 0 Å². The van der Waals surface area contributed by atoms with E-state index in [1.54, 1.807) is 0 Å². The summed E-state index contributed by atoms with van der Waals surface area (Å²) in [5.74, 6) is -2.60. The highest BCUT2D eigenvalue weighted by Gasteiger charge is 2.35. The second kappa shape index (κ2) is 4.31. The van der Waals surface area contributed by atoms with E-state index >= 15 is 0 Å². The number of carbonyl (C=O) groups is 1. The molecule has 1 aromatic rings. The Morgan fingerprint density at radius 1 is 1.38 bits per heavy atom. The number of nitrogens with zero attached hydrogens (tertiary/aromatic N) is 1. The summed E-state index contributed by atoms with van der Waals surface area (Å²) in [6.07, 6.45) is -5.51. The fourth-order valence-corrected chi connectivity index (χ4v) is 1.13. The van der Waals surface area contributed by atoms with Crippen LogP contribution in [0.4, 0.5) is 17.6 Å². The number of Topliss-reactive ketones (excluding diaryl/α,β-unsaturated/α-hetero) is 1. The molecule has 0 atom stereocenters. The number of benzene rings is 1.